The zero-order valence-electron chi connectivity index (χ0n) is 3.17. The lowest BCUT2D eigenvalue weighted by molar-refractivity contribution is 0.712. The Kier molecular flexibility index (Phi) is 47.1. The van der Waals surface area contributed by atoms with Crippen molar-refractivity contribution in [2.45, 2.75) is 6.92 Å². The molecule has 0 aromatic rings. The van der Waals surface area contributed by atoms with Gasteiger partial charge in [0.2, 0.25) is 0 Å². The third-order valence-electron chi connectivity index (χ3n) is 0. The number of rotatable bonds is 0. The van der Waals surface area contributed by atoms with E-state index in [0.717, 1.165) is 0 Å². The summed E-state index contributed by atoms with van der Waals surface area (Å²) in [6.45, 7) is 5.00. The molecule has 0 aromatic heterocycles. The molecule has 0 N–H and O–H groups in total. The zero-order chi connectivity index (χ0) is 4.71. The van der Waals surface area contributed by atoms with Gasteiger partial charge in [0.05, 0.1) is 0 Å². The summed E-state index contributed by atoms with van der Waals surface area (Å²) in [5.41, 5.74) is 0. The van der Waals surface area contributed by atoms with Crippen molar-refractivity contribution < 1.29 is 7.05 Å². The fourth-order valence-electron chi connectivity index (χ4n) is 0. The lowest BCUT2D eigenvalue weighted by Gasteiger charge is -1.34. The van der Waals surface area contributed by atoms with E-state index in [9.17, 15) is 7.05 Å². The Labute approximate surface area is 37.9 Å². The maximum Gasteiger partial charge on any atom is 0.732 e. The Hall–Kier alpha value is 0.392. The average Bonchev–Trinajstić information content (AvgIpc) is 1.46. The highest BCUT2D eigenvalue weighted by Gasteiger charge is 1.70. The van der Waals surface area contributed by atoms with Crippen molar-refractivity contribution in [3.63, 3.8) is 0 Å². The monoisotopic (exact) mass is 95.0 g/mol. The van der Waals surface area contributed by atoms with Gasteiger partial charge >= 0.3 is 16.1 Å². The van der Waals surface area contributed by atoms with Crippen LogP contribution in [0.4, 0.5) is 7.05 Å². The Bertz CT molecular complexity index is 7.61. The summed E-state index contributed by atoms with van der Waals surface area (Å²) in [5, 5.41) is 0. The molecule has 0 heterocycles. The molecular formula is C2H6AlF2. The normalized spacial score (nSPS) is 4.00. The summed E-state index contributed by atoms with van der Waals surface area (Å²) in [7, 11) is 0. The SMILES string of the molecule is [CH2]C.[F][AlH][F]. The molecule has 0 aliphatic carbocycles. The summed E-state index contributed by atoms with van der Waals surface area (Å²) in [4.78, 5) is 0. The van der Waals surface area contributed by atoms with E-state index in [4.69, 9.17) is 0 Å². The predicted molar refractivity (Wildman–Crippen MR) is 20.4 cm³/mol. The Morgan fingerprint density at radius 2 is 1.40 bits per heavy atom. The second-order valence-electron chi connectivity index (χ2n) is 0.101. The molecule has 0 atom stereocenters. The molecule has 0 spiro atoms. The van der Waals surface area contributed by atoms with Crippen LogP contribution in [0.2, 0.25) is 0 Å². The largest absolute Gasteiger partial charge is 0.732 e. The third kappa shape index (κ3) is 163. The molecule has 0 aromatic carbocycles. The molecule has 1 radical (unpaired) electrons. The van der Waals surface area contributed by atoms with Gasteiger partial charge in [0.15, 0.2) is 0 Å². The molecule has 0 bridgehead atoms. The van der Waals surface area contributed by atoms with Gasteiger partial charge in [-0.1, -0.05) is 13.8 Å². The summed E-state index contributed by atoms with van der Waals surface area (Å²) in [5.74, 6) is 0. The smallest absolute Gasteiger partial charge is 0.377 e. The first-order chi connectivity index (χ1) is 2.41. The fourth-order valence-corrected chi connectivity index (χ4v) is 0. The minimum atomic E-state index is -2.58. The highest BCUT2D eigenvalue weighted by atomic mass is 27.2. The van der Waals surface area contributed by atoms with Crippen LogP contribution < -0.4 is 0 Å². The van der Waals surface area contributed by atoms with Crippen LogP contribution in [0, 0.1) is 6.92 Å². The Morgan fingerprint density at radius 3 is 1.40 bits per heavy atom. The molecule has 3 heteroatoms. The van der Waals surface area contributed by atoms with Gasteiger partial charge in [-0.15, -0.1) is 0 Å². The average molecular weight is 95.0 g/mol. The molecule has 0 saturated heterocycles. The summed E-state index contributed by atoms with van der Waals surface area (Å²) in [6, 6.07) is 0. The van der Waals surface area contributed by atoms with E-state index in [1.54, 1.807) is 6.92 Å². The van der Waals surface area contributed by atoms with E-state index in [0.29, 0.717) is 0 Å². The van der Waals surface area contributed by atoms with Crippen molar-refractivity contribution in [3.8, 4) is 0 Å². The van der Waals surface area contributed by atoms with Crippen molar-refractivity contribution in [1.82, 2.24) is 0 Å². The van der Waals surface area contributed by atoms with Gasteiger partial charge in [0.1, 0.15) is 0 Å². The van der Waals surface area contributed by atoms with Crippen LogP contribution in [0.15, 0.2) is 0 Å². The van der Waals surface area contributed by atoms with E-state index >= 15 is 0 Å². The van der Waals surface area contributed by atoms with Crippen LogP contribution in [0.1, 0.15) is 6.92 Å². The molecule has 0 fully saturated rings. The van der Waals surface area contributed by atoms with Crippen LogP contribution >= 0.6 is 0 Å². The van der Waals surface area contributed by atoms with Gasteiger partial charge in [-0.05, 0) is 0 Å². The molecular weight excluding hydrogens is 89.0 g/mol. The van der Waals surface area contributed by atoms with Crippen molar-refractivity contribution >= 4 is 16.1 Å². The molecule has 31 valence electrons. The van der Waals surface area contributed by atoms with E-state index in [1.807, 2.05) is 0 Å². The second-order valence-corrected chi connectivity index (χ2v) is 0.303. The molecule has 0 unspecified atom stereocenters. The maximum absolute atomic E-state index is 9.76. The molecule has 0 nitrogen and oxygen atoms in total. The predicted octanol–water partition coefficient (Wildman–Crippen LogP) is 1.03. The first-order valence-corrected chi connectivity index (χ1v) is 2.31. The quantitative estimate of drug-likeness (QED) is 0.394. The Balaban J connectivity index is 0. The number of hydrogen-bond donors (Lipinski definition) is 0. The van der Waals surface area contributed by atoms with Gasteiger partial charge in [0.25, 0.3) is 0 Å². The van der Waals surface area contributed by atoms with Crippen LogP contribution in [0.3, 0.4) is 0 Å². The van der Waals surface area contributed by atoms with Crippen LogP contribution in [-0.4, -0.2) is 16.1 Å². The van der Waals surface area contributed by atoms with Crippen molar-refractivity contribution in [2.24, 2.45) is 0 Å². The first-order valence-electron chi connectivity index (χ1n) is 1.24. The van der Waals surface area contributed by atoms with E-state index in [2.05, 4.69) is 6.92 Å². The second kappa shape index (κ2) is 26.1. The molecule has 5 heavy (non-hydrogen) atoms. The zero-order valence-corrected chi connectivity index (χ0v) is 4.58. The van der Waals surface area contributed by atoms with Crippen LogP contribution in [0.5, 0.6) is 0 Å². The summed E-state index contributed by atoms with van der Waals surface area (Å²) >= 11 is -2.58. The van der Waals surface area contributed by atoms with Gasteiger partial charge in [-0.3, -0.25) is 0 Å². The van der Waals surface area contributed by atoms with Gasteiger partial charge < -0.3 is 7.05 Å². The van der Waals surface area contributed by atoms with Crippen LogP contribution in [0.25, 0.3) is 0 Å². The van der Waals surface area contributed by atoms with E-state index < -0.39 is 16.1 Å². The highest BCUT2D eigenvalue weighted by Crippen LogP contribution is 1.49. The third-order valence-corrected chi connectivity index (χ3v) is 0. The molecule has 0 saturated carbocycles. The maximum atomic E-state index is 9.76. The summed E-state index contributed by atoms with van der Waals surface area (Å²) in [6.07, 6.45) is 0. The van der Waals surface area contributed by atoms with E-state index in [-0.39, 0.29) is 0 Å². The van der Waals surface area contributed by atoms with Crippen molar-refractivity contribution in [1.29, 1.82) is 0 Å². The minimum absolute atomic E-state index is 1.75. The van der Waals surface area contributed by atoms with E-state index in [1.165, 1.54) is 0 Å². The number of hydrogen-bond acceptors (Lipinski definition) is 0. The molecule has 0 rings (SSSR count). The van der Waals surface area contributed by atoms with Gasteiger partial charge in [0, 0.05) is 0 Å². The Morgan fingerprint density at radius 1 is 1.40 bits per heavy atom. The van der Waals surface area contributed by atoms with Crippen molar-refractivity contribution in [2.75, 3.05) is 0 Å². The minimum Gasteiger partial charge on any atom is -0.377 e. The fraction of sp³-hybridized carbons (Fsp3) is 0.500. The molecule has 0 aliphatic heterocycles. The van der Waals surface area contributed by atoms with Gasteiger partial charge in [-0.2, -0.15) is 0 Å². The number of halogens is 2. The van der Waals surface area contributed by atoms with Crippen LogP contribution in [-0.2, 0) is 0 Å². The lowest BCUT2D eigenvalue weighted by atomic mass is 11.0. The molecule has 0 amide bonds. The highest BCUT2D eigenvalue weighted by molar-refractivity contribution is 6.15. The summed E-state index contributed by atoms with van der Waals surface area (Å²) < 4.78 is 19.5. The molecule has 0 aliphatic rings. The topological polar surface area (TPSA) is 0 Å². The van der Waals surface area contributed by atoms with Gasteiger partial charge in [-0.25, -0.2) is 0 Å². The lowest BCUT2D eigenvalue weighted by Crippen LogP contribution is -1.45. The first kappa shape index (κ1) is 9.04. The van der Waals surface area contributed by atoms with Crippen molar-refractivity contribution in [3.05, 3.63) is 6.92 Å². The standard InChI is InChI=1S/C2H5.Al.2FH.H/c1-2;;;;/h1H2,2H3;;2*1H;/q;+2;;;/p-2.